The fourth-order valence-corrected chi connectivity index (χ4v) is 4.60. The Morgan fingerprint density at radius 1 is 1.05 bits per heavy atom. The highest BCUT2D eigenvalue weighted by Gasteiger charge is 2.52. The molecule has 0 radical (unpaired) electrons. The molecule has 2 aliphatic heterocycles. The summed E-state index contributed by atoms with van der Waals surface area (Å²) in [4.78, 5) is 11.1. The molecule has 38 heavy (non-hydrogen) atoms. The Morgan fingerprint density at radius 3 is 2.26 bits per heavy atom. The summed E-state index contributed by atoms with van der Waals surface area (Å²) in [5, 5.41) is 16.2. The van der Waals surface area contributed by atoms with Crippen molar-refractivity contribution >= 4 is 18.6 Å². The zero-order chi connectivity index (χ0) is 28.7. The van der Waals surface area contributed by atoms with Crippen molar-refractivity contribution in [2.75, 3.05) is 20.8 Å². The van der Waals surface area contributed by atoms with Crippen LogP contribution in [0.25, 0.3) is 0 Å². The number of fused-ring (bicyclic) bond motifs is 2. The molecule has 0 unspecified atom stereocenters. The van der Waals surface area contributed by atoms with E-state index in [0.29, 0.717) is 18.8 Å². The molecule has 9 heteroatoms. The number of benzene rings is 2. The van der Waals surface area contributed by atoms with Crippen molar-refractivity contribution in [2.24, 2.45) is 0 Å². The van der Waals surface area contributed by atoms with Gasteiger partial charge in [0.25, 0.3) is 0 Å². The summed E-state index contributed by atoms with van der Waals surface area (Å²) in [7, 11) is 1.99. The predicted molar refractivity (Wildman–Crippen MR) is 147 cm³/mol. The molecule has 5 rings (SSSR count). The Bertz CT molecular complexity index is 1070. The van der Waals surface area contributed by atoms with E-state index in [9.17, 15) is 14.3 Å². The van der Waals surface area contributed by atoms with Crippen LogP contribution >= 0.6 is 0 Å². The Hall–Kier alpha value is -2.62. The second kappa shape index (κ2) is 13.4. The van der Waals surface area contributed by atoms with Crippen molar-refractivity contribution in [1.82, 2.24) is 0 Å². The molecular formula is C29H42BFO7. The first-order valence-corrected chi connectivity index (χ1v) is 13.2. The Balaban J connectivity index is 0.000000241. The number of hydrogen-bond donors (Lipinski definition) is 2. The van der Waals surface area contributed by atoms with Gasteiger partial charge in [0.2, 0.25) is 0 Å². The second-order valence-corrected chi connectivity index (χ2v) is 10.0. The molecule has 2 aromatic carbocycles. The molecule has 0 saturated carbocycles. The maximum atomic E-state index is 13.8. The predicted octanol–water partition coefficient (Wildman–Crippen LogP) is 4.68. The maximum absolute atomic E-state index is 13.8. The number of phenolic OH excluding ortho intramolecular Hbond substituents is 1. The van der Waals surface area contributed by atoms with Crippen LogP contribution in [-0.2, 0) is 31.7 Å². The number of ether oxygens (including phenoxy) is 2. The molecular weight excluding hydrogens is 490 g/mol. The van der Waals surface area contributed by atoms with Gasteiger partial charge in [0.15, 0.2) is 0 Å². The number of aliphatic hydroxyl groups is 1. The topological polar surface area (TPSA) is 94.5 Å². The van der Waals surface area contributed by atoms with E-state index < -0.39 is 0 Å². The molecule has 7 nitrogen and oxygen atoms in total. The van der Waals surface area contributed by atoms with Crippen LogP contribution in [0.5, 0.6) is 11.5 Å². The highest BCUT2D eigenvalue weighted by Crippen LogP contribution is 2.38. The fourth-order valence-electron chi connectivity index (χ4n) is 4.60. The van der Waals surface area contributed by atoms with Crippen LogP contribution in [0.1, 0.15) is 77.0 Å². The number of halogens is 1. The Kier molecular flexibility index (Phi) is 11.2. The Morgan fingerprint density at radius 2 is 1.66 bits per heavy atom. The molecule has 0 bridgehead atoms. The number of rotatable bonds is 3. The van der Waals surface area contributed by atoms with E-state index in [2.05, 4.69) is 4.74 Å². The molecule has 2 aromatic rings. The number of methoxy groups -OCH3 is 1. The van der Waals surface area contributed by atoms with Crippen LogP contribution in [0.4, 0.5) is 4.39 Å². The third kappa shape index (κ3) is 6.87. The van der Waals surface area contributed by atoms with Crippen molar-refractivity contribution in [2.45, 2.75) is 84.3 Å². The van der Waals surface area contributed by atoms with Gasteiger partial charge in [-0.1, -0.05) is 26.0 Å². The average molecular weight is 532 g/mol. The summed E-state index contributed by atoms with van der Waals surface area (Å²) in [6, 6.07) is 8.31. The SMILES string of the molecule is CC.CC1(C)OB(c2ccc(F)c3c2CCC3)OC1(C)C.CO.COC(=O)C[C@@H]1COc2cc(O)ccc21. The van der Waals surface area contributed by atoms with Crippen molar-refractivity contribution in [3.8, 4) is 11.5 Å². The summed E-state index contributed by atoms with van der Waals surface area (Å²) in [6.45, 7) is 12.6. The van der Waals surface area contributed by atoms with Crippen LogP contribution in [0.3, 0.4) is 0 Å². The van der Waals surface area contributed by atoms with E-state index in [1.165, 1.54) is 7.11 Å². The minimum absolute atomic E-state index is 0.0352. The molecule has 3 aliphatic rings. The summed E-state index contributed by atoms with van der Waals surface area (Å²) < 4.78 is 35.9. The third-order valence-electron chi connectivity index (χ3n) is 7.29. The summed E-state index contributed by atoms with van der Waals surface area (Å²) in [6.07, 6.45) is 3.08. The van der Waals surface area contributed by atoms with Crippen molar-refractivity contribution < 1.29 is 38.2 Å². The molecule has 1 saturated heterocycles. The van der Waals surface area contributed by atoms with Gasteiger partial charge < -0.3 is 29.0 Å². The van der Waals surface area contributed by atoms with Gasteiger partial charge in [-0.3, -0.25) is 4.79 Å². The van der Waals surface area contributed by atoms with E-state index in [0.717, 1.165) is 48.5 Å². The number of aliphatic hydroxyl groups excluding tert-OH is 1. The largest absolute Gasteiger partial charge is 0.508 e. The lowest BCUT2D eigenvalue weighted by molar-refractivity contribution is -0.141. The summed E-state index contributed by atoms with van der Waals surface area (Å²) in [5.41, 5.74) is 3.21. The molecule has 0 spiro atoms. The first kappa shape index (κ1) is 31.6. The molecule has 1 aliphatic carbocycles. The van der Waals surface area contributed by atoms with Crippen LogP contribution in [0, 0.1) is 5.82 Å². The highest BCUT2D eigenvalue weighted by molar-refractivity contribution is 6.62. The zero-order valence-corrected chi connectivity index (χ0v) is 23.9. The van der Waals surface area contributed by atoms with Crippen LogP contribution in [0.15, 0.2) is 30.3 Å². The number of carbonyl (C=O) groups excluding carboxylic acids is 1. The molecule has 1 fully saturated rings. The number of aromatic hydroxyl groups is 1. The lowest BCUT2D eigenvalue weighted by atomic mass is 9.75. The van der Waals surface area contributed by atoms with Crippen molar-refractivity contribution in [1.29, 1.82) is 0 Å². The highest BCUT2D eigenvalue weighted by atomic mass is 19.1. The smallest absolute Gasteiger partial charge is 0.495 e. The summed E-state index contributed by atoms with van der Waals surface area (Å²) in [5.74, 6) is 0.529. The molecule has 210 valence electrons. The fraction of sp³-hybridized carbons (Fsp3) is 0.552. The molecule has 2 N–H and O–H groups in total. The minimum Gasteiger partial charge on any atom is -0.508 e. The molecule has 2 heterocycles. The monoisotopic (exact) mass is 532 g/mol. The lowest BCUT2D eigenvalue weighted by Crippen LogP contribution is -2.41. The van der Waals surface area contributed by atoms with Gasteiger partial charge in [0.05, 0.1) is 31.3 Å². The molecule has 0 aromatic heterocycles. The third-order valence-corrected chi connectivity index (χ3v) is 7.29. The average Bonchev–Trinajstić information content (AvgIpc) is 3.59. The first-order valence-electron chi connectivity index (χ1n) is 13.2. The van der Waals surface area contributed by atoms with Crippen molar-refractivity contribution in [3.63, 3.8) is 0 Å². The van der Waals surface area contributed by atoms with E-state index in [1.54, 1.807) is 24.3 Å². The lowest BCUT2D eigenvalue weighted by Gasteiger charge is -2.32. The van der Waals surface area contributed by atoms with E-state index in [1.807, 2.05) is 47.6 Å². The second-order valence-electron chi connectivity index (χ2n) is 10.0. The first-order chi connectivity index (χ1) is 18.0. The van der Waals surface area contributed by atoms with Crippen LogP contribution < -0.4 is 10.2 Å². The Labute approximate surface area is 226 Å². The molecule has 1 atom stereocenters. The normalized spacial score (nSPS) is 19.3. The van der Waals surface area contributed by atoms with Gasteiger partial charge in [-0.2, -0.15) is 0 Å². The minimum atomic E-state index is -0.377. The van der Waals surface area contributed by atoms with Crippen LogP contribution in [0.2, 0.25) is 0 Å². The van der Waals surface area contributed by atoms with Crippen molar-refractivity contribution in [3.05, 3.63) is 52.8 Å². The van der Waals surface area contributed by atoms with Gasteiger partial charge >= 0.3 is 13.1 Å². The molecule has 0 amide bonds. The number of hydrogen-bond acceptors (Lipinski definition) is 7. The van der Waals surface area contributed by atoms with Gasteiger partial charge in [0, 0.05) is 24.7 Å². The van der Waals surface area contributed by atoms with Gasteiger partial charge in [-0.15, -0.1) is 0 Å². The number of esters is 1. The summed E-state index contributed by atoms with van der Waals surface area (Å²) >= 11 is 0. The van der Waals surface area contributed by atoms with Gasteiger partial charge in [-0.25, -0.2) is 4.39 Å². The van der Waals surface area contributed by atoms with E-state index in [-0.39, 0.29) is 41.8 Å². The van der Waals surface area contributed by atoms with Gasteiger partial charge in [0.1, 0.15) is 17.3 Å². The standard InChI is InChI=1S/C15H20BFO2.C11H12O4.C2H6.CH4O/c1-14(2)15(3,4)19-16(18-14)12-8-9-13(17)11-7-5-6-10(11)12;1-14-11(13)4-7-6-15-10-5-8(12)2-3-9(7)10;2*1-2/h8-9H,5-7H2,1-4H3;2-3,5,7,12H,4,6H2,1H3;1-2H3;2H,1H3/t;7-;;/m.1../s1. The van der Waals surface area contributed by atoms with E-state index >= 15 is 0 Å². The number of phenols is 1. The van der Waals surface area contributed by atoms with Crippen LogP contribution in [-0.4, -0.2) is 55.3 Å². The zero-order valence-electron chi connectivity index (χ0n) is 23.9. The van der Waals surface area contributed by atoms with Gasteiger partial charge in [-0.05, 0) is 75.7 Å². The van der Waals surface area contributed by atoms with E-state index in [4.69, 9.17) is 19.2 Å². The quantitative estimate of drug-likeness (QED) is 0.438. The number of carbonyl (C=O) groups is 1. The maximum Gasteiger partial charge on any atom is 0.495 e.